The first-order valence-electron chi connectivity index (χ1n) is 6.36. The Hall–Kier alpha value is -2.38. The molecule has 0 radical (unpaired) electrons. The average molecular weight is 280 g/mol. The maximum absolute atomic E-state index is 11.6. The lowest BCUT2D eigenvalue weighted by molar-refractivity contribution is -0.143. The molecule has 0 unspecified atom stereocenters. The molecule has 2 N–H and O–H groups in total. The summed E-state index contributed by atoms with van der Waals surface area (Å²) in [4.78, 5) is 43.6. The number of hydrogen-bond donors (Lipinski definition) is 2. The van der Waals surface area contributed by atoms with Gasteiger partial charge in [-0.2, -0.15) is 0 Å². The van der Waals surface area contributed by atoms with Crippen LogP contribution in [-0.2, 0) is 23.0 Å². The van der Waals surface area contributed by atoms with Crippen molar-refractivity contribution in [2.45, 2.75) is 26.2 Å². The van der Waals surface area contributed by atoms with Crippen molar-refractivity contribution < 1.29 is 9.53 Å². The molecule has 0 aliphatic carbocycles. The SMILES string of the molecule is CCCOC(=O)CCc1nc2c([nH]1)c(=O)[nH]c(=O)n2C. The first-order valence-corrected chi connectivity index (χ1v) is 6.36. The van der Waals surface area contributed by atoms with Crippen molar-refractivity contribution in [2.24, 2.45) is 7.05 Å². The topological polar surface area (TPSA) is 110 Å². The summed E-state index contributed by atoms with van der Waals surface area (Å²) < 4.78 is 6.19. The number of ether oxygens (including phenoxy) is 1. The van der Waals surface area contributed by atoms with E-state index in [1.807, 2.05) is 6.92 Å². The Kier molecular flexibility index (Phi) is 4.02. The summed E-state index contributed by atoms with van der Waals surface area (Å²) in [5.41, 5.74) is -0.544. The van der Waals surface area contributed by atoms with E-state index < -0.39 is 11.2 Å². The maximum Gasteiger partial charge on any atom is 0.329 e. The molecule has 2 rings (SSSR count). The van der Waals surface area contributed by atoms with Gasteiger partial charge in [0.15, 0.2) is 5.65 Å². The molecule has 0 bridgehead atoms. The lowest BCUT2D eigenvalue weighted by Crippen LogP contribution is -2.28. The van der Waals surface area contributed by atoms with Gasteiger partial charge in [0.25, 0.3) is 5.56 Å². The highest BCUT2D eigenvalue weighted by atomic mass is 16.5. The lowest BCUT2D eigenvalue weighted by atomic mass is 10.3. The van der Waals surface area contributed by atoms with Crippen LogP contribution in [0.4, 0.5) is 0 Å². The van der Waals surface area contributed by atoms with E-state index in [4.69, 9.17) is 4.74 Å². The molecule has 0 spiro atoms. The Morgan fingerprint density at radius 1 is 1.35 bits per heavy atom. The molecule has 8 nitrogen and oxygen atoms in total. The number of carbonyl (C=O) groups excluding carboxylic acids is 1. The van der Waals surface area contributed by atoms with E-state index in [0.717, 1.165) is 6.42 Å². The van der Waals surface area contributed by atoms with E-state index in [-0.39, 0.29) is 23.6 Å². The smallest absolute Gasteiger partial charge is 0.329 e. The molecule has 2 aromatic heterocycles. The minimum absolute atomic E-state index is 0.172. The zero-order valence-electron chi connectivity index (χ0n) is 11.4. The minimum atomic E-state index is -0.525. The van der Waals surface area contributed by atoms with Crippen molar-refractivity contribution in [2.75, 3.05) is 6.61 Å². The molecular formula is C12H16N4O4. The third-order valence-corrected chi connectivity index (χ3v) is 2.84. The highest BCUT2D eigenvalue weighted by Gasteiger charge is 2.12. The molecule has 0 fully saturated rings. The molecule has 20 heavy (non-hydrogen) atoms. The predicted molar refractivity (Wildman–Crippen MR) is 71.5 cm³/mol. The van der Waals surface area contributed by atoms with Crippen molar-refractivity contribution >= 4 is 17.1 Å². The van der Waals surface area contributed by atoms with Gasteiger partial charge in [-0.1, -0.05) is 6.92 Å². The van der Waals surface area contributed by atoms with Gasteiger partial charge in [-0.15, -0.1) is 0 Å². The Labute approximate surface area is 113 Å². The van der Waals surface area contributed by atoms with Crippen LogP contribution in [0.2, 0.25) is 0 Å². The monoisotopic (exact) mass is 280 g/mol. The van der Waals surface area contributed by atoms with Crippen LogP contribution in [0.3, 0.4) is 0 Å². The van der Waals surface area contributed by atoms with Gasteiger partial charge in [0.2, 0.25) is 0 Å². The average Bonchev–Trinajstić information content (AvgIpc) is 2.85. The molecule has 0 aromatic carbocycles. The predicted octanol–water partition coefficient (Wildman–Crippen LogP) is -0.164. The van der Waals surface area contributed by atoms with Crippen molar-refractivity contribution in [3.63, 3.8) is 0 Å². The van der Waals surface area contributed by atoms with E-state index in [2.05, 4.69) is 15.0 Å². The Morgan fingerprint density at radius 2 is 2.10 bits per heavy atom. The second-order valence-electron chi connectivity index (χ2n) is 4.42. The number of hydrogen-bond acceptors (Lipinski definition) is 5. The Balaban J connectivity index is 2.19. The van der Waals surface area contributed by atoms with Gasteiger partial charge in [-0.05, 0) is 6.42 Å². The molecule has 108 valence electrons. The quantitative estimate of drug-likeness (QED) is 0.739. The van der Waals surface area contributed by atoms with Crippen LogP contribution >= 0.6 is 0 Å². The summed E-state index contributed by atoms with van der Waals surface area (Å²) >= 11 is 0. The highest BCUT2D eigenvalue weighted by Crippen LogP contribution is 2.06. The van der Waals surface area contributed by atoms with Crippen LogP contribution in [0.15, 0.2) is 9.59 Å². The number of rotatable bonds is 5. The summed E-state index contributed by atoms with van der Waals surface area (Å²) in [6, 6.07) is 0. The van der Waals surface area contributed by atoms with Gasteiger partial charge in [0.05, 0.1) is 13.0 Å². The van der Waals surface area contributed by atoms with E-state index >= 15 is 0 Å². The fraction of sp³-hybridized carbons (Fsp3) is 0.500. The molecule has 0 saturated heterocycles. The number of nitrogens with one attached hydrogen (secondary N) is 2. The summed E-state index contributed by atoms with van der Waals surface area (Å²) in [6.07, 6.45) is 1.27. The summed E-state index contributed by atoms with van der Waals surface area (Å²) in [5, 5.41) is 0. The van der Waals surface area contributed by atoms with Crippen molar-refractivity contribution in [1.82, 2.24) is 19.5 Å². The first-order chi connectivity index (χ1) is 9.52. The number of aromatic nitrogens is 4. The summed E-state index contributed by atoms with van der Waals surface area (Å²) in [6.45, 7) is 2.31. The normalized spacial score (nSPS) is 10.9. The Morgan fingerprint density at radius 3 is 2.80 bits per heavy atom. The number of aromatic amines is 2. The largest absolute Gasteiger partial charge is 0.466 e. The molecule has 0 aliphatic heterocycles. The third kappa shape index (κ3) is 2.79. The van der Waals surface area contributed by atoms with Crippen LogP contribution in [0.1, 0.15) is 25.6 Å². The van der Waals surface area contributed by atoms with Crippen molar-refractivity contribution in [3.05, 3.63) is 26.7 Å². The standard InChI is InChI=1S/C12H16N4O4/c1-3-6-20-8(17)5-4-7-13-9-10(14-7)16(2)12(19)15-11(9)18/h3-6H2,1-2H3,(H,13,14)(H,15,18,19). The van der Waals surface area contributed by atoms with Crippen molar-refractivity contribution in [1.29, 1.82) is 0 Å². The fourth-order valence-electron chi connectivity index (χ4n) is 1.78. The number of nitrogens with zero attached hydrogens (tertiary/aromatic N) is 2. The van der Waals surface area contributed by atoms with Crippen LogP contribution in [0, 0.1) is 0 Å². The van der Waals surface area contributed by atoms with Gasteiger partial charge in [-0.25, -0.2) is 9.78 Å². The number of fused-ring (bicyclic) bond motifs is 1. The van der Waals surface area contributed by atoms with Gasteiger partial charge in [-0.3, -0.25) is 19.1 Å². The van der Waals surface area contributed by atoms with Gasteiger partial charge >= 0.3 is 11.7 Å². The number of esters is 1. The molecule has 2 aromatic rings. The van der Waals surface area contributed by atoms with E-state index in [0.29, 0.717) is 18.9 Å². The van der Waals surface area contributed by atoms with E-state index in [1.165, 1.54) is 11.6 Å². The lowest BCUT2D eigenvalue weighted by Gasteiger charge is -2.00. The zero-order valence-corrected chi connectivity index (χ0v) is 11.4. The van der Waals surface area contributed by atoms with Crippen LogP contribution in [-0.4, -0.2) is 32.1 Å². The fourth-order valence-corrected chi connectivity index (χ4v) is 1.78. The molecule has 0 atom stereocenters. The van der Waals surface area contributed by atoms with E-state index in [1.54, 1.807) is 0 Å². The summed E-state index contributed by atoms with van der Waals surface area (Å²) in [7, 11) is 1.51. The number of H-pyrrole nitrogens is 2. The number of imidazole rings is 1. The molecule has 2 heterocycles. The zero-order chi connectivity index (χ0) is 14.7. The highest BCUT2D eigenvalue weighted by molar-refractivity contribution is 5.71. The molecule has 0 amide bonds. The summed E-state index contributed by atoms with van der Waals surface area (Å²) in [5.74, 6) is 0.162. The first kappa shape index (κ1) is 14.0. The van der Waals surface area contributed by atoms with Crippen LogP contribution in [0.25, 0.3) is 11.2 Å². The van der Waals surface area contributed by atoms with E-state index in [9.17, 15) is 14.4 Å². The molecule has 0 saturated carbocycles. The van der Waals surface area contributed by atoms with Crippen molar-refractivity contribution in [3.8, 4) is 0 Å². The molecule has 0 aliphatic rings. The van der Waals surface area contributed by atoms with Gasteiger partial charge in [0.1, 0.15) is 11.3 Å². The minimum Gasteiger partial charge on any atom is -0.466 e. The second-order valence-corrected chi connectivity index (χ2v) is 4.42. The second kappa shape index (κ2) is 5.72. The van der Waals surface area contributed by atoms with Gasteiger partial charge < -0.3 is 9.72 Å². The van der Waals surface area contributed by atoms with Crippen LogP contribution in [0.5, 0.6) is 0 Å². The molecular weight excluding hydrogens is 264 g/mol. The Bertz CT molecular complexity index is 740. The maximum atomic E-state index is 11.6. The van der Waals surface area contributed by atoms with Gasteiger partial charge in [0, 0.05) is 13.5 Å². The number of carbonyl (C=O) groups is 1. The molecule has 8 heteroatoms. The van der Waals surface area contributed by atoms with Crippen LogP contribution < -0.4 is 11.2 Å². The number of aryl methyl sites for hydroxylation is 2. The third-order valence-electron chi connectivity index (χ3n) is 2.84.